The van der Waals surface area contributed by atoms with E-state index in [0.29, 0.717) is 23.9 Å². The molecule has 1 aromatic rings. The van der Waals surface area contributed by atoms with Crippen molar-refractivity contribution in [2.24, 2.45) is 13.0 Å². The van der Waals surface area contributed by atoms with Crippen molar-refractivity contribution in [1.82, 2.24) is 14.7 Å². The number of nitro groups is 1. The van der Waals surface area contributed by atoms with E-state index >= 15 is 0 Å². The molecule has 0 saturated carbocycles. The highest BCUT2D eigenvalue weighted by molar-refractivity contribution is 5.62. The summed E-state index contributed by atoms with van der Waals surface area (Å²) >= 11 is 0. The van der Waals surface area contributed by atoms with E-state index in [4.69, 9.17) is 0 Å². The summed E-state index contributed by atoms with van der Waals surface area (Å²) < 4.78 is 1.67. The van der Waals surface area contributed by atoms with Gasteiger partial charge in [-0.25, -0.2) is 4.68 Å². The van der Waals surface area contributed by atoms with Gasteiger partial charge in [0, 0.05) is 26.7 Å². The highest BCUT2D eigenvalue weighted by Crippen LogP contribution is 2.34. The molecule has 21 heavy (non-hydrogen) atoms. The molecule has 1 aliphatic rings. The third-order valence-electron chi connectivity index (χ3n) is 4.27. The summed E-state index contributed by atoms with van der Waals surface area (Å²) in [5.41, 5.74) is 0.760. The number of aryl methyl sites for hydroxylation is 2. The van der Waals surface area contributed by atoms with E-state index in [1.54, 1.807) is 11.7 Å². The van der Waals surface area contributed by atoms with E-state index in [-0.39, 0.29) is 10.6 Å². The molecule has 0 aliphatic carbocycles. The molecule has 0 aromatic carbocycles. The first-order valence-electron chi connectivity index (χ1n) is 7.61. The molecule has 1 aliphatic heterocycles. The van der Waals surface area contributed by atoms with Crippen molar-refractivity contribution in [1.29, 1.82) is 0 Å². The van der Waals surface area contributed by atoms with Crippen molar-refractivity contribution in [3.05, 3.63) is 15.8 Å². The van der Waals surface area contributed by atoms with E-state index in [0.717, 1.165) is 32.6 Å². The molecule has 0 radical (unpaired) electrons. The molecule has 0 N–H and O–H groups in total. The zero-order chi connectivity index (χ0) is 15.6. The summed E-state index contributed by atoms with van der Waals surface area (Å²) in [5.74, 6) is 1.23. The van der Waals surface area contributed by atoms with E-state index in [1.807, 2.05) is 6.92 Å². The molecule has 0 bridgehead atoms. The van der Waals surface area contributed by atoms with Crippen molar-refractivity contribution in [2.45, 2.75) is 26.7 Å². The van der Waals surface area contributed by atoms with Crippen molar-refractivity contribution in [2.75, 3.05) is 38.1 Å². The average Bonchev–Trinajstić information content (AvgIpc) is 3.02. The Morgan fingerprint density at radius 3 is 2.76 bits per heavy atom. The molecule has 7 nitrogen and oxygen atoms in total. The lowest BCUT2D eigenvalue weighted by molar-refractivity contribution is -0.384. The number of hydrogen-bond acceptors (Lipinski definition) is 5. The van der Waals surface area contributed by atoms with Gasteiger partial charge in [-0.1, -0.05) is 13.8 Å². The molecule has 2 rings (SSSR count). The van der Waals surface area contributed by atoms with Gasteiger partial charge in [0.2, 0.25) is 5.82 Å². The van der Waals surface area contributed by atoms with Gasteiger partial charge in [-0.15, -0.1) is 0 Å². The Morgan fingerprint density at radius 1 is 1.48 bits per heavy atom. The van der Waals surface area contributed by atoms with Gasteiger partial charge < -0.3 is 9.80 Å². The zero-order valence-electron chi connectivity index (χ0n) is 13.4. The van der Waals surface area contributed by atoms with Crippen LogP contribution in [0, 0.1) is 16.0 Å². The lowest BCUT2D eigenvalue weighted by Crippen LogP contribution is -2.29. The minimum absolute atomic E-state index is 0.185. The van der Waals surface area contributed by atoms with Gasteiger partial charge in [0.15, 0.2) is 0 Å². The maximum absolute atomic E-state index is 11.4. The minimum Gasteiger partial charge on any atom is -0.351 e. The standard InChI is InChI=1S/C14H25N5O2/c1-5-12-13(19(20)21)14(17(4)15-12)18-8-7-11(10-18)9-16(3)6-2/h11H,5-10H2,1-4H3. The van der Waals surface area contributed by atoms with Crippen LogP contribution in [0.25, 0.3) is 0 Å². The third kappa shape index (κ3) is 3.18. The molecule has 1 fully saturated rings. The lowest BCUT2D eigenvalue weighted by Gasteiger charge is -2.20. The molecule has 1 aromatic heterocycles. The van der Waals surface area contributed by atoms with Crippen LogP contribution in [-0.4, -0.2) is 52.8 Å². The van der Waals surface area contributed by atoms with E-state index in [1.165, 1.54) is 0 Å². The Hall–Kier alpha value is -1.63. The summed E-state index contributed by atoms with van der Waals surface area (Å²) in [6, 6.07) is 0. The topological polar surface area (TPSA) is 67.4 Å². The van der Waals surface area contributed by atoms with Gasteiger partial charge >= 0.3 is 5.69 Å². The number of rotatable bonds is 6. The Labute approximate surface area is 125 Å². The highest BCUT2D eigenvalue weighted by Gasteiger charge is 2.33. The molecule has 0 spiro atoms. The summed E-state index contributed by atoms with van der Waals surface area (Å²) in [6.07, 6.45) is 1.66. The van der Waals surface area contributed by atoms with Gasteiger partial charge in [-0.3, -0.25) is 10.1 Å². The fraction of sp³-hybridized carbons (Fsp3) is 0.786. The second-order valence-corrected chi connectivity index (χ2v) is 5.81. The SMILES string of the molecule is CCc1nn(C)c(N2CCC(CN(C)CC)C2)c1[N+](=O)[O-]. The van der Waals surface area contributed by atoms with E-state index < -0.39 is 0 Å². The second-order valence-electron chi connectivity index (χ2n) is 5.81. The van der Waals surface area contributed by atoms with Crippen LogP contribution in [0.4, 0.5) is 11.5 Å². The van der Waals surface area contributed by atoms with Crippen LogP contribution in [-0.2, 0) is 13.5 Å². The molecule has 1 saturated heterocycles. The first-order valence-corrected chi connectivity index (χ1v) is 7.61. The predicted molar refractivity (Wildman–Crippen MR) is 82.7 cm³/mol. The van der Waals surface area contributed by atoms with Gasteiger partial charge in [0.05, 0.1) is 4.92 Å². The fourth-order valence-corrected chi connectivity index (χ4v) is 3.08. The van der Waals surface area contributed by atoms with Crippen LogP contribution in [0.2, 0.25) is 0 Å². The number of nitrogens with zero attached hydrogens (tertiary/aromatic N) is 5. The molecule has 118 valence electrons. The molecule has 1 unspecified atom stereocenters. The maximum Gasteiger partial charge on any atom is 0.334 e. The molecule has 0 amide bonds. The molecule has 7 heteroatoms. The Morgan fingerprint density at radius 2 is 2.19 bits per heavy atom. The Kier molecular flexibility index (Phi) is 4.82. The van der Waals surface area contributed by atoms with Crippen molar-refractivity contribution in [3.8, 4) is 0 Å². The zero-order valence-corrected chi connectivity index (χ0v) is 13.4. The van der Waals surface area contributed by atoms with Gasteiger partial charge in [0.25, 0.3) is 0 Å². The van der Waals surface area contributed by atoms with Gasteiger partial charge in [-0.05, 0) is 32.4 Å². The average molecular weight is 295 g/mol. The largest absolute Gasteiger partial charge is 0.351 e. The van der Waals surface area contributed by atoms with Gasteiger partial charge in [-0.2, -0.15) is 5.10 Å². The molecular formula is C14H25N5O2. The highest BCUT2D eigenvalue weighted by atomic mass is 16.6. The Bertz CT molecular complexity index is 514. The minimum atomic E-state index is -0.285. The fourth-order valence-electron chi connectivity index (χ4n) is 3.08. The van der Waals surface area contributed by atoms with Crippen molar-refractivity contribution < 1.29 is 4.92 Å². The number of hydrogen-bond donors (Lipinski definition) is 0. The van der Waals surface area contributed by atoms with Crippen LogP contribution in [0.15, 0.2) is 0 Å². The van der Waals surface area contributed by atoms with Crippen LogP contribution in [0.3, 0.4) is 0 Å². The normalized spacial score (nSPS) is 18.7. The van der Waals surface area contributed by atoms with Crippen molar-refractivity contribution in [3.63, 3.8) is 0 Å². The van der Waals surface area contributed by atoms with E-state index in [2.05, 4.69) is 28.9 Å². The number of anilines is 1. The maximum atomic E-state index is 11.4. The van der Waals surface area contributed by atoms with Crippen LogP contribution >= 0.6 is 0 Å². The second kappa shape index (κ2) is 6.43. The monoisotopic (exact) mass is 295 g/mol. The van der Waals surface area contributed by atoms with Crippen LogP contribution < -0.4 is 4.90 Å². The summed E-state index contributed by atoms with van der Waals surface area (Å²) in [4.78, 5) is 15.5. The van der Waals surface area contributed by atoms with E-state index in [9.17, 15) is 10.1 Å². The summed E-state index contributed by atoms with van der Waals surface area (Å²) in [5, 5.41) is 15.7. The van der Waals surface area contributed by atoms with Crippen LogP contribution in [0.1, 0.15) is 26.0 Å². The third-order valence-corrected chi connectivity index (χ3v) is 4.27. The van der Waals surface area contributed by atoms with Crippen molar-refractivity contribution >= 4 is 11.5 Å². The predicted octanol–water partition coefficient (Wildman–Crippen LogP) is 1.67. The smallest absolute Gasteiger partial charge is 0.334 e. The van der Waals surface area contributed by atoms with Crippen LogP contribution in [0.5, 0.6) is 0 Å². The summed E-state index contributed by atoms with van der Waals surface area (Å²) in [7, 11) is 3.91. The quantitative estimate of drug-likeness (QED) is 0.590. The first kappa shape index (κ1) is 15.8. The molecule has 2 heterocycles. The van der Waals surface area contributed by atoms with Gasteiger partial charge in [0.1, 0.15) is 5.69 Å². The first-order chi connectivity index (χ1) is 9.97. The Balaban J connectivity index is 2.20. The molecular weight excluding hydrogens is 270 g/mol. The summed E-state index contributed by atoms with van der Waals surface area (Å²) in [6.45, 7) is 7.86. The lowest BCUT2D eigenvalue weighted by atomic mass is 10.1. The number of aromatic nitrogens is 2. The molecule has 1 atom stereocenters.